The van der Waals surface area contributed by atoms with E-state index in [4.69, 9.17) is 17.3 Å². The van der Waals surface area contributed by atoms with E-state index in [1.807, 2.05) is 54.6 Å². The summed E-state index contributed by atoms with van der Waals surface area (Å²) in [5, 5.41) is 3.54. The van der Waals surface area contributed by atoms with Gasteiger partial charge in [0.25, 0.3) is 0 Å². The summed E-state index contributed by atoms with van der Waals surface area (Å²) in [6.45, 7) is 0. The normalized spacial score (nSPS) is 10.9. The first kappa shape index (κ1) is 20.2. The fourth-order valence-electron chi connectivity index (χ4n) is 2.39. The zero-order chi connectivity index (χ0) is 19.9. The van der Waals surface area contributed by atoms with Crippen LogP contribution < -0.4 is 11.1 Å². The molecular weight excluding hydrogens is 412 g/mol. The van der Waals surface area contributed by atoms with Gasteiger partial charge in [-0.1, -0.05) is 35.9 Å². The largest absolute Gasteiger partial charge is 0.369 e. The molecule has 0 atom stereocenters. The predicted molar refractivity (Wildman–Crippen MR) is 119 cm³/mol. The van der Waals surface area contributed by atoms with Crippen LogP contribution in [0, 0.1) is 0 Å². The van der Waals surface area contributed by atoms with E-state index >= 15 is 0 Å². The summed E-state index contributed by atoms with van der Waals surface area (Å²) in [5.41, 5.74) is 6.92. The summed E-state index contributed by atoms with van der Waals surface area (Å²) in [6.07, 6.45) is 3.27. The Balaban J connectivity index is 1.65. The molecule has 1 heterocycles. The van der Waals surface area contributed by atoms with Crippen molar-refractivity contribution in [3.05, 3.63) is 76.6 Å². The van der Waals surface area contributed by atoms with E-state index in [1.165, 1.54) is 17.8 Å². The van der Waals surface area contributed by atoms with E-state index in [0.717, 1.165) is 20.2 Å². The molecule has 2 aromatic carbocycles. The highest BCUT2D eigenvalue weighted by Gasteiger charge is 2.07. The Kier molecular flexibility index (Phi) is 6.92. The molecule has 142 valence electrons. The van der Waals surface area contributed by atoms with Crippen LogP contribution in [0.2, 0.25) is 5.02 Å². The third-order valence-corrected chi connectivity index (χ3v) is 6.12. The zero-order valence-corrected chi connectivity index (χ0v) is 17.1. The molecule has 0 fully saturated rings. The molecule has 0 radical (unpaired) electrons. The number of hydrogen-bond acceptors (Lipinski definition) is 4. The van der Waals surface area contributed by atoms with Crippen molar-refractivity contribution in [2.45, 2.75) is 4.90 Å². The van der Waals surface area contributed by atoms with Crippen LogP contribution >= 0.6 is 34.7 Å². The molecule has 2 amide bonds. The molecule has 1 aromatic heterocycles. The molecule has 0 aliphatic carbocycles. The summed E-state index contributed by atoms with van der Waals surface area (Å²) in [7, 11) is 0. The van der Waals surface area contributed by atoms with Gasteiger partial charge in [-0.15, -0.1) is 23.1 Å². The Hall–Kier alpha value is -2.54. The molecule has 0 saturated carbocycles. The smallest absolute Gasteiger partial charge is 0.248 e. The number of anilines is 1. The highest BCUT2D eigenvalue weighted by atomic mass is 35.5. The van der Waals surface area contributed by atoms with Crippen molar-refractivity contribution in [2.24, 2.45) is 5.73 Å². The fourth-order valence-corrected chi connectivity index (χ4v) is 4.18. The van der Waals surface area contributed by atoms with Gasteiger partial charge in [-0.2, -0.15) is 0 Å². The lowest BCUT2D eigenvalue weighted by atomic mass is 10.2. The predicted octanol–water partition coefficient (Wildman–Crippen LogP) is 5.30. The molecule has 0 spiro atoms. The van der Waals surface area contributed by atoms with Crippen LogP contribution in [0.25, 0.3) is 16.5 Å². The Labute approximate surface area is 176 Å². The molecule has 28 heavy (non-hydrogen) atoms. The van der Waals surface area contributed by atoms with E-state index in [-0.39, 0.29) is 11.7 Å². The van der Waals surface area contributed by atoms with Gasteiger partial charge in [-0.3, -0.25) is 9.59 Å². The van der Waals surface area contributed by atoms with E-state index < -0.39 is 5.91 Å². The number of thioether (sulfide) groups is 1. The molecule has 4 nitrogen and oxygen atoms in total. The van der Waals surface area contributed by atoms with E-state index in [1.54, 1.807) is 23.5 Å². The van der Waals surface area contributed by atoms with Crippen LogP contribution in [0.4, 0.5) is 5.69 Å². The number of benzene rings is 2. The van der Waals surface area contributed by atoms with Crippen LogP contribution in [-0.4, -0.2) is 17.6 Å². The van der Waals surface area contributed by atoms with Gasteiger partial charge in [0.2, 0.25) is 11.8 Å². The number of carbonyl (C=O) groups is 2. The molecule has 7 heteroatoms. The van der Waals surface area contributed by atoms with Crippen LogP contribution in [0.1, 0.15) is 4.88 Å². The second-order valence-electron chi connectivity index (χ2n) is 5.78. The molecular formula is C21H17ClN2O2S2. The summed E-state index contributed by atoms with van der Waals surface area (Å²) in [4.78, 5) is 26.1. The molecule has 3 rings (SSSR count). The van der Waals surface area contributed by atoms with Crippen molar-refractivity contribution in [1.82, 2.24) is 0 Å². The average molecular weight is 429 g/mol. The highest BCUT2D eigenvalue weighted by Crippen LogP contribution is 2.30. The first-order chi connectivity index (χ1) is 13.5. The summed E-state index contributed by atoms with van der Waals surface area (Å²) in [5.74, 6) is -0.487. The van der Waals surface area contributed by atoms with E-state index in [2.05, 4.69) is 5.32 Å². The number of carbonyl (C=O) groups excluding carboxylic acids is 2. The second-order valence-corrected chi connectivity index (χ2v) is 8.35. The number of rotatable bonds is 7. The Morgan fingerprint density at radius 3 is 2.57 bits per heavy atom. The topological polar surface area (TPSA) is 72.2 Å². The monoisotopic (exact) mass is 428 g/mol. The third kappa shape index (κ3) is 5.73. The average Bonchev–Trinajstić information content (AvgIpc) is 3.15. The molecule has 3 N–H and O–H groups in total. The third-order valence-electron chi connectivity index (χ3n) is 3.67. The van der Waals surface area contributed by atoms with Crippen molar-refractivity contribution in [3.8, 4) is 10.4 Å². The molecule has 0 saturated heterocycles. The Bertz CT molecular complexity index is 1010. The number of nitrogens with one attached hydrogen (secondary N) is 1. The van der Waals surface area contributed by atoms with Gasteiger partial charge >= 0.3 is 0 Å². The van der Waals surface area contributed by atoms with Crippen molar-refractivity contribution in [1.29, 1.82) is 0 Å². The lowest BCUT2D eigenvalue weighted by molar-refractivity contribution is -0.115. The van der Waals surface area contributed by atoms with Crippen LogP contribution in [0.3, 0.4) is 0 Å². The molecule has 3 aromatic rings. The van der Waals surface area contributed by atoms with Gasteiger partial charge in [0.1, 0.15) is 0 Å². The van der Waals surface area contributed by atoms with Crippen molar-refractivity contribution >= 4 is 58.3 Å². The summed E-state index contributed by atoms with van der Waals surface area (Å²) >= 11 is 8.81. The maximum atomic E-state index is 12.3. The van der Waals surface area contributed by atoms with Gasteiger partial charge in [0, 0.05) is 25.7 Å². The fraction of sp³-hybridized carbons (Fsp3) is 0.0476. The maximum Gasteiger partial charge on any atom is 0.248 e. The zero-order valence-electron chi connectivity index (χ0n) is 14.7. The van der Waals surface area contributed by atoms with Crippen LogP contribution in [0.5, 0.6) is 0 Å². The van der Waals surface area contributed by atoms with E-state index in [0.29, 0.717) is 10.7 Å². The highest BCUT2D eigenvalue weighted by molar-refractivity contribution is 8.00. The quantitative estimate of drug-likeness (QED) is 0.396. The number of hydrogen-bond donors (Lipinski definition) is 2. The Morgan fingerprint density at radius 2 is 1.82 bits per heavy atom. The van der Waals surface area contributed by atoms with Crippen molar-refractivity contribution < 1.29 is 9.59 Å². The van der Waals surface area contributed by atoms with Gasteiger partial charge in [-0.25, -0.2) is 0 Å². The SMILES string of the molecule is NC(=O)CSc1ccccc1NC(=O)C=Cc1ccc(-c2ccc(Cl)cc2)s1. The molecule has 0 aliphatic heterocycles. The minimum atomic E-state index is -0.403. The van der Waals surface area contributed by atoms with Gasteiger partial charge in [0.15, 0.2) is 0 Å². The molecule has 0 unspecified atom stereocenters. The van der Waals surface area contributed by atoms with Gasteiger partial charge in [-0.05, 0) is 48.0 Å². The lowest BCUT2D eigenvalue weighted by Crippen LogP contribution is -2.13. The number of thiophene rings is 1. The number of amides is 2. The first-order valence-corrected chi connectivity index (χ1v) is 10.5. The van der Waals surface area contributed by atoms with Crippen LogP contribution in [0.15, 0.2) is 71.6 Å². The maximum absolute atomic E-state index is 12.3. The lowest BCUT2D eigenvalue weighted by Gasteiger charge is -2.08. The van der Waals surface area contributed by atoms with Gasteiger partial charge < -0.3 is 11.1 Å². The standard InChI is InChI=1S/C21H17ClN2O2S2/c22-15-7-5-14(6-8-15)18-11-9-16(28-18)10-12-21(26)24-17-3-1-2-4-19(17)27-13-20(23)25/h1-12H,13H2,(H2,23,25)(H,24,26). The Morgan fingerprint density at radius 1 is 1.07 bits per heavy atom. The number of para-hydroxylation sites is 1. The number of nitrogens with two attached hydrogens (primary N) is 1. The molecule has 0 bridgehead atoms. The summed E-state index contributed by atoms with van der Waals surface area (Å²) in [6, 6.07) is 18.9. The van der Waals surface area contributed by atoms with Crippen molar-refractivity contribution in [2.75, 3.05) is 11.1 Å². The number of primary amides is 1. The first-order valence-electron chi connectivity index (χ1n) is 8.36. The summed E-state index contributed by atoms with van der Waals surface area (Å²) < 4.78 is 0. The number of halogens is 1. The molecule has 0 aliphatic rings. The second kappa shape index (κ2) is 9.59. The minimum Gasteiger partial charge on any atom is -0.369 e. The minimum absolute atomic E-state index is 0.158. The van der Waals surface area contributed by atoms with Crippen LogP contribution in [-0.2, 0) is 9.59 Å². The van der Waals surface area contributed by atoms with Crippen molar-refractivity contribution in [3.63, 3.8) is 0 Å². The van der Waals surface area contributed by atoms with Gasteiger partial charge in [0.05, 0.1) is 11.4 Å². The van der Waals surface area contributed by atoms with E-state index in [9.17, 15) is 9.59 Å².